The summed E-state index contributed by atoms with van der Waals surface area (Å²) in [6.45, 7) is 7.94. The van der Waals surface area contributed by atoms with E-state index in [2.05, 4.69) is 39.6 Å². The van der Waals surface area contributed by atoms with E-state index in [0.717, 1.165) is 24.6 Å². The summed E-state index contributed by atoms with van der Waals surface area (Å²) >= 11 is 0. The second kappa shape index (κ2) is 8.34. The van der Waals surface area contributed by atoms with Crippen LogP contribution < -0.4 is 5.32 Å². The molecule has 2 aromatic rings. The topological polar surface area (TPSA) is 79.6 Å². The molecule has 0 bridgehead atoms. The van der Waals surface area contributed by atoms with Gasteiger partial charge in [0.05, 0.1) is 16.2 Å². The number of nitrogens with one attached hydrogen (secondary N) is 1. The highest BCUT2D eigenvalue weighted by Crippen LogP contribution is 2.23. The Labute approximate surface area is 167 Å². The van der Waals surface area contributed by atoms with Gasteiger partial charge in [-0.25, -0.2) is 13.1 Å². The molecule has 1 fully saturated rings. The van der Waals surface area contributed by atoms with E-state index >= 15 is 0 Å². The number of aliphatic imine (C=N–C) groups is 1. The zero-order valence-corrected chi connectivity index (χ0v) is 17.6. The molecule has 0 aliphatic carbocycles. The first-order valence-corrected chi connectivity index (χ1v) is 11.3. The molecule has 1 aromatic heterocycles. The van der Waals surface area contributed by atoms with Gasteiger partial charge in [0.1, 0.15) is 0 Å². The number of hydrogen-bond donors (Lipinski definition) is 1. The molecule has 152 valence electrons. The van der Waals surface area contributed by atoms with Crippen molar-refractivity contribution >= 4 is 15.8 Å². The van der Waals surface area contributed by atoms with Crippen LogP contribution in [0.5, 0.6) is 0 Å². The largest absolute Gasteiger partial charge is 0.357 e. The summed E-state index contributed by atoms with van der Waals surface area (Å²) in [6.07, 6.45) is 4.50. The molecule has 0 saturated carbocycles. The van der Waals surface area contributed by atoms with Crippen molar-refractivity contribution in [2.75, 3.05) is 31.9 Å². The zero-order valence-electron chi connectivity index (χ0n) is 16.8. The smallest absolute Gasteiger partial charge is 0.194 e. The van der Waals surface area contributed by atoms with Crippen molar-refractivity contribution in [2.45, 2.75) is 31.9 Å². The van der Waals surface area contributed by atoms with Crippen LogP contribution in [0.4, 0.5) is 0 Å². The lowest BCUT2D eigenvalue weighted by atomic mass is 10.1. The van der Waals surface area contributed by atoms with Crippen LogP contribution in [-0.4, -0.2) is 65.7 Å². The molecular weight excluding hydrogens is 374 g/mol. The first-order chi connectivity index (χ1) is 13.3. The fourth-order valence-corrected chi connectivity index (χ4v) is 4.64. The fourth-order valence-electron chi connectivity index (χ4n) is 3.28. The van der Waals surface area contributed by atoms with Gasteiger partial charge in [-0.1, -0.05) is 12.1 Å². The van der Waals surface area contributed by atoms with Crippen molar-refractivity contribution in [1.82, 2.24) is 20.0 Å². The van der Waals surface area contributed by atoms with Crippen LogP contribution in [0.3, 0.4) is 0 Å². The van der Waals surface area contributed by atoms with Crippen molar-refractivity contribution in [3.8, 4) is 5.69 Å². The van der Waals surface area contributed by atoms with E-state index in [4.69, 9.17) is 4.99 Å². The summed E-state index contributed by atoms with van der Waals surface area (Å²) in [6, 6.07) is 10.2. The van der Waals surface area contributed by atoms with E-state index in [-0.39, 0.29) is 5.75 Å². The first-order valence-electron chi connectivity index (χ1n) is 9.67. The Kier molecular flexibility index (Phi) is 6.07. The van der Waals surface area contributed by atoms with E-state index in [9.17, 15) is 8.42 Å². The summed E-state index contributed by atoms with van der Waals surface area (Å²) in [5, 5.41) is 7.53. The molecule has 7 nitrogen and oxygen atoms in total. The van der Waals surface area contributed by atoms with Gasteiger partial charge < -0.3 is 10.2 Å². The van der Waals surface area contributed by atoms with Crippen molar-refractivity contribution in [3.05, 3.63) is 48.3 Å². The van der Waals surface area contributed by atoms with Crippen molar-refractivity contribution in [1.29, 1.82) is 0 Å². The van der Waals surface area contributed by atoms with Gasteiger partial charge in [0, 0.05) is 38.6 Å². The van der Waals surface area contributed by atoms with Crippen LogP contribution in [0.2, 0.25) is 0 Å². The van der Waals surface area contributed by atoms with Gasteiger partial charge in [0.15, 0.2) is 15.8 Å². The number of guanidine groups is 1. The maximum atomic E-state index is 12.2. The van der Waals surface area contributed by atoms with E-state index in [1.54, 1.807) is 20.0 Å². The van der Waals surface area contributed by atoms with Gasteiger partial charge in [0.25, 0.3) is 0 Å². The van der Waals surface area contributed by atoms with Gasteiger partial charge >= 0.3 is 0 Å². The molecule has 8 heteroatoms. The molecule has 1 aliphatic rings. The molecule has 0 unspecified atom stereocenters. The van der Waals surface area contributed by atoms with Gasteiger partial charge in [0.2, 0.25) is 0 Å². The molecule has 3 rings (SSSR count). The zero-order chi connectivity index (χ0) is 20.2. The lowest BCUT2D eigenvalue weighted by Crippen LogP contribution is -2.57. The highest BCUT2D eigenvalue weighted by atomic mass is 32.2. The molecule has 28 heavy (non-hydrogen) atoms. The Morgan fingerprint density at radius 3 is 2.64 bits per heavy atom. The molecule has 2 heterocycles. The van der Waals surface area contributed by atoms with E-state index in [1.807, 2.05) is 23.9 Å². The average molecular weight is 404 g/mol. The van der Waals surface area contributed by atoms with Crippen LogP contribution in [0.15, 0.2) is 47.7 Å². The Bertz CT molecular complexity index is 903. The van der Waals surface area contributed by atoms with Crippen molar-refractivity contribution in [2.24, 2.45) is 4.99 Å². The molecular formula is C20H29N5O2S. The molecule has 0 amide bonds. The van der Waals surface area contributed by atoms with Crippen LogP contribution in [0, 0.1) is 0 Å². The lowest BCUT2D eigenvalue weighted by molar-refractivity contribution is 0.353. The molecule has 0 spiro atoms. The Hall–Kier alpha value is -2.35. The minimum absolute atomic E-state index is 0.166. The highest BCUT2D eigenvalue weighted by Gasteiger charge is 2.40. The summed E-state index contributed by atoms with van der Waals surface area (Å²) in [5.41, 5.74) is 2.24. The number of sulfone groups is 1. The first kappa shape index (κ1) is 20.4. The fraction of sp³-hybridized carbons (Fsp3) is 0.500. The van der Waals surface area contributed by atoms with E-state index < -0.39 is 14.6 Å². The Balaban J connectivity index is 1.63. The second-order valence-corrected chi connectivity index (χ2v) is 10.3. The summed E-state index contributed by atoms with van der Waals surface area (Å²) < 4.78 is 25.6. The Morgan fingerprint density at radius 1 is 1.29 bits per heavy atom. The van der Waals surface area contributed by atoms with E-state index in [0.29, 0.717) is 19.6 Å². The monoisotopic (exact) mass is 403 g/mol. The summed E-state index contributed by atoms with van der Waals surface area (Å²) in [7, 11) is -3.06. The minimum Gasteiger partial charge on any atom is -0.357 e. The van der Waals surface area contributed by atoms with Gasteiger partial charge in [-0.15, -0.1) is 0 Å². The molecule has 1 N–H and O–H groups in total. The maximum absolute atomic E-state index is 12.2. The number of hydrogen-bond acceptors (Lipinski definition) is 4. The van der Waals surface area contributed by atoms with Crippen LogP contribution in [0.25, 0.3) is 5.69 Å². The van der Waals surface area contributed by atoms with Crippen molar-refractivity contribution < 1.29 is 8.42 Å². The van der Waals surface area contributed by atoms with Crippen molar-refractivity contribution in [3.63, 3.8) is 0 Å². The SMILES string of the molecule is CCNC(=NCCc1ccc(-n2cccn2)cc1)N1CCS(=O)(=O)C(C)(C)C1. The Morgan fingerprint density at radius 2 is 2.04 bits per heavy atom. The normalized spacial score (nSPS) is 18.8. The highest BCUT2D eigenvalue weighted by molar-refractivity contribution is 7.92. The van der Waals surface area contributed by atoms with Gasteiger partial charge in [-0.3, -0.25) is 4.99 Å². The number of rotatable bonds is 5. The van der Waals surface area contributed by atoms with Gasteiger partial charge in [-0.2, -0.15) is 5.10 Å². The lowest BCUT2D eigenvalue weighted by Gasteiger charge is -2.39. The third kappa shape index (κ3) is 4.55. The molecule has 0 atom stereocenters. The van der Waals surface area contributed by atoms with Crippen LogP contribution in [-0.2, 0) is 16.3 Å². The molecule has 0 radical (unpaired) electrons. The maximum Gasteiger partial charge on any atom is 0.194 e. The number of benzene rings is 1. The minimum atomic E-state index is -3.06. The standard InChI is InChI=1S/C20H29N5O2S/c1-4-21-19(24-14-15-28(26,27)20(2,3)16-24)22-12-10-17-6-8-18(9-7-17)25-13-5-11-23-25/h5-9,11,13H,4,10,12,14-16H2,1-3H3,(H,21,22). The summed E-state index contributed by atoms with van der Waals surface area (Å²) in [4.78, 5) is 6.80. The third-order valence-corrected chi connectivity index (χ3v) is 7.58. The third-order valence-electron chi connectivity index (χ3n) is 5.05. The summed E-state index contributed by atoms with van der Waals surface area (Å²) in [5.74, 6) is 0.956. The predicted octanol–water partition coefficient (Wildman–Crippen LogP) is 1.89. The molecule has 1 saturated heterocycles. The molecule has 1 aliphatic heterocycles. The quantitative estimate of drug-likeness (QED) is 0.609. The predicted molar refractivity (Wildman–Crippen MR) is 113 cm³/mol. The average Bonchev–Trinajstić information content (AvgIpc) is 3.19. The number of nitrogens with zero attached hydrogens (tertiary/aromatic N) is 4. The molecule has 1 aromatic carbocycles. The number of aromatic nitrogens is 2. The van der Waals surface area contributed by atoms with Crippen LogP contribution in [0.1, 0.15) is 26.3 Å². The van der Waals surface area contributed by atoms with E-state index in [1.165, 1.54) is 5.56 Å². The van der Waals surface area contributed by atoms with Gasteiger partial charge in [-0.05, 0) is 51.0 Å². The van der Waals surface area contributed by atoms with Crippen LogP contribution >= 0.6 is 0 Å². The second-order valence-electron chi connectivity index (χ2n) is 7.60.